The smallest absolute Gasteiger partial charge is 0.256 e. The molecule has 2 fully saturated rings. The SMILES string of the molecule is C=C1CC[C@@H]2[C@](C)(CO)[C@H](O)CC[C@@]2(C)[C@@H]1C/C=C1/C(=O)Nc2ccc(F)cc21. The number of amides is 1. The Labute approximate surface area is 171 Å². The number of carbonyl (C=O) groups excluding carboxylic acids is 1. The zero-order chi connectivity index (χ0) is 21.0. The Morgan fingerprint density at radius 2 is 2.10 bits per heavy atom. The van der Waals surface area contributed by atoms with Crippen molar-refractivity contribution in [2.75, 3.05) is 11.9 Å². The van der Waals surface area contributed by atoms with Crippen LogP contribution in [0.15, 0.2) is 36.4 Å². The van der Waals surface area contributed by atoms with Crippen LogP contribution in [-0.4, -0.2) is 28.8 Å². The number of halogens is 1. The Bertz CT molecular complexity index is 894. The number of benzene rings is 1. The highest BCUT2D eigenvalue weighted by molar-refractivity contribution is 6.31. The van der Waals surface area contributed by atoms with Crippen molar-refractivity contribution in [1.82, 2.24) is 0 Å². The summed E-state index contributed by atoms with van der Waals surface area (Å²) in [5.41, 5.74) is 2.29. The molecular weight excluding hydrogens is 369 g/mol. The van der Waals surface area contributed by atoms with E-state index in [1.165, 1.54) is 12.1 Å². The van der Waals surface area contributed by atoms with Crippen molar-refractivity contribution >= 4 is 17.2 Å². The number of anilines is 1. The van der Waals surface area contributed by atoms with Crippen LogP contribution in [0.3, 0.4) is 0 Å². The minimum atomic E-state index is -0.528. The zero-order valence-corrected chi connectivity index (χ0v) is 17.2. The Morgan fingerprint density at radius 3 is 2.83 bits per heavy atom. The van der Waals surface area contributed by atoms with Gasteiger partial charge >= 0.3 is 0 Å². The first-order valence-electron chi connectivity index (χ1n) is 10.5. The standard InChI is InChI=1S/C24H30FNO3/c1-14-4-9-20-23(2,11-10-21(28)24(20,3)13-27)18(14)7-6-16-17-12-15(25)5-8-19(17)26-22(16)29/h5-6,8,12,18,20-21,27-28H,1,4,7,9-11,13H2,2-3H3,(H,26,29)/b16-6+/t18-,20+,21-,23+,24+/m1/s1. The maximum Gasteiger partial charge on any atom is 0.256 e. The van der Waals surface area contributed by atoms with E-state index in [-0.39, 0.29) is 35.6 Å². The minimum Gasteiger partial charge on any atom is -0.396 e. The van der Waals surface area contributed by atoms with Crippen LogP contribution < -0.4 is 5.32 Å². The van der Waals surface area contributed by atoms with Gasteiger partial charge < -0.3 is 15.5 Å². The molecule has 2 aliphatic carbocycles. The molecule has 5 heteroatoms. The monoisotopic (exact) mass is 399 g/mol. The van der Waals surface area contributed by atoms with Crippen LogP contribution in [0.4, 0.5) is 10.1 Å². The number of aliphatic hydroxyl groups is 2. The van der Waals surface area contributed by atoms with Crippen LogP contribution in [-0.2, 0) is 4.79 Å². The van der Waals surface area contributed by atoms with Crippen molar-refractivity contribution in [2.24, 2.45) is 22.7 Å². The Morgan fingerprint density at radius 1 is 1.34 bits per heavy atom. The van der Waals surface area contributed by atoms with Gasteiger partial charge in [0.15, 0.2) is 0 Å². The molecule has 0 spiro atoms. The van der Waals surface area contributed by atoms with Crippen LogP contribution in [0, 0.1) is 28.5 Å². The summed E-state index contributed by atoms with van der Waals surface area (Å²) in [5, 5.41) is 23.5. The first kappa shape index (κ1) is 20.3. The summed E-state index contributed by atoms with van der Waals surface area (Å²) in [7, 11) is 0. The van der Waals surface area contributed by atoms with Crippen LogP contribution in [0.5, 0.6) is 0 Å². The van der Waals surface area contributed by atoms with Gasteiger partial charge in [0, 0.05) is 22.2 Å². The molecule has 1 aliphatic heterocycles. The van der Waals surface area contributed by atoms with Gasteiger partial charge in [0.25, 0.3) is 5.91 Å². The number of hydrogen-bond donors (Lipinski definition) is 3. The molecule has 1 aromatic carbocycles. The third kappa shape index (κ3) is 3.06. The fraction of sp³-hybridized carbons (Fsp3) is 0.542. The average molecular weight is 400 g/mol. The second kappa shape index (κ2) is 7.06. The van der Waals surface area contributed by atoms with Crippen molar-refractivity contribution in [3.63, 3.8) is 0 Å². The van der Waals surface area contributed by atoms with Gasteiger partial charge in [-0.25, -0.2) is 4.39 Å². The lowest BCUT2D eigenvalue weighted by atomic mass is 9.46. The highest BCUT2D eigenvalue weighted by atomic mass is 19.1. The topological polar surface area (TPSA) is 69.6 Å². The number of nitrogens with one attached hydrogen (secondary N) is 1. The van der Waals surface area contributed by atoms with Crippen molar-refractivity contribution < 1.29 is 19.4 Å². The zero-order valence-electron chi connectivity index (χ0n) is 17.2. The van der Waals surface area contributed by atoms with E-state index >= 15 is 0 Å². The Kier molecular flexibility index (Phi) is 4.94. The summed E-state index contributed by atoms with van der Waals surface area (Å²) in [6, 6.07) is 4.34. The fourth-order valence-corrected chi connectivity index (χ4v) is 6.23. The van der Waals surface area contributed by atoms with E-state index in [2.05, 4.69) is 18.8 Å². The van der Waals surface area contributed by atoms with Crippen LogP contribution in [0.2, 0.25) is 0 Å². The van der Waals surface area contributed by atoms with Crippen LogP contribution >= 0.6 is 0 Å². The van der Waals surface area contributed by atoms with E-state index < -0.39 is 11.5 Å². The maximum absolute atomic E-state index is 13.7. The molecule has 1 amide bonds. The van der Waals surface area contributed by atoms with E-state index in [1.54, 1.807) is 6.07 Å². The predicted molar refractivity (Wildman–Crippen MR) is 112 cm³/mol. The lowest BCUT2D eigenvalue weighted by Gasteiger charge is -2.59. The summed E-state index contributed by atoms with van der Waals surface area (Å²) in [4.78, 5) is 12.5. The highest BCUT2D eigenvalue weighted by Gasteiger charge is 2.57. The summed E-state index contributed by atoms with van der Waals surface area (Å²) in [6.07, 6.45) is 5.33. The summed E-state index contributed by atoms with van der Waals surface area (Å²) in [6.45, 7) is 8.53. The maximum atomic E-state index is 13.7. The van der Waals surface area contributed by atoms with E-state index in [0.29, 0.717) is 29.7 Å². The van der Waals surface area contributed by atoms with Crippen molar-refractivity contribution in [1.29, 1.82) is 0 Å². The van der Waals surface area contributed by atoms with Crippen molar-refractivity contribution in [3.05, 3.63) is 47.8 Å². The van der Waals surface area contributed by atoms with E-state index in [1.807, 2.05) is 13.0 Å². The quantitative estimate of drug-likeness (QED) is 0.524. The molecule has 1 aromatic rings. The molecular formula is C24H30FNO3. The van der Waals surface area contributed by atoms with Gasteiger partial charge in [0.2, 0.25) is 0 Å². The third-order valence-corrected chi connectivity index (χ3v) is 8.02. The van der Waals surface area contributed by atoms with Gasteiger partial charge in [-0.3, -0.25) is 4.79 Å². The molecule has 0 saturated heterocycles. The van der Waals surface area contributed by atoms with Gasteiger partial charge in [0.05, 0.1) is 12.7 Å². The summed E-state index contributed by atoms with van der Waals surface area (Å²) >= 11 is 0. The molecule has 2 saturated carbocycles. The normalized spacial score (nSPS) is 38.0. The first-order valence-corrected chi connectivity index (χ1v) is 10.5. The number of rotatable bonds is 3. The van der Waals surface area contributed by atoms with E-state index in [9.17, 15) is 19.4 Å². The van der Waals surface area contributed by atoms with E-state index in [0.717, 1.165) is 24.8 Å². The highest BCUT2D eigenvalue weighted by Crippen LogP contribution is 2.61. The molecule has 0 aromatic heterocycles. The largest absolute Gasteiger partial charge is 0.396 e. The molecule has 0 bridgehead atoms. The second-order valence-corrected chi connectivity index (χ2v) is 9.52. The molecule has 4 rings (SSSR count). The van der Waals surface area contributed by atoms with Gasteiger partial charge in [-0.2, -0.15) is 0 Å². The lowest BCUT2D eigenvalue weighted by molar-refractivity contribution is -0.151. The fourth-order valence-electron chi connectivity index (χ4n) is 6.23. The third-order valence-electron chi connectivity index (χ3n) is 8.02. The number of hydrogen-bond acceptors (Lipinski definition) is 3. The van der Waals surface area contributed by atoms with Gasteiger partial charge in [-0.1, -0.05) is 32.1 Å². The molecule has 29 heavy (non-hydrogen) atoms. The van der Waals surface area contributed by atoms with Crippen molar-refractivity contribution in [3.8, 4) is 0 Å². The van der Waals surface area contributed by atoms with E-state index in [4.69, 9.17) is 0 Å². The molecule has 1 heterocycles. The number of allylic oxidation sites excluding steroid dienone is 2. The lowest BCUT2D eigenvalue weighted by Crippen LogP contribution is -2.57. The van der Waals surface area contributed by atoms with Crippen molar-refractivity contribution in [2.45, 2.75) is 52.1 Å². The number of fused-ring (bicyclic) bond motifs is 2. The summed E-state index contributed by atoms with van der Waals surface area (Å²) in [5.74, 6) is -0.231. The summed E-state index contributed by atoms with van der Waals surface area (Å²) < 4.78 is 13.7. The average Bonchev–Trinajstić information content (AvgIpc) is 2.99. The number of carbonyl (C=O) groups is 1. The Hall–Kier alpha value is -1.98. The van der Waals surface area contributed by atoms with Gasteiger partial charge in [0.1, 0.15) is 5.82 Å². The predicted octanol–water partition coefficient (Wildman–Crippen LogP) is 4.29. The second-order valence-electron chi connectivity index (χ2n) is 9.52. The molecule has 0 unspecified atom stereocenters. The molecule has 3 N–H and O–H groups in total. The molecule has 5 atom stereocenters. The molecule has 3 aliphatic rings. The minimum absolute atomic E-state index is 0.0379. The Balaban J connectivity index is 1.67. The molecule has 156 valence electrons. The van der Waals surface area contributed by atoms with Crippen LogP contribution in [0.1, 0.15) is 51.5 Å². The van der Waals surface area contributed by atoms with Gasteiger partial charge in [-0.05, 0) is 67.6 Å². The first-order chi connectivity index (χ1) is 13.7. The van der Waals surface area contributed by atoms with Gasteiger partial charge in [-0.15, -0.1) is 0 Å². The number of aliphatic hydroxyl groups excluding tert-OH is 2. The molecule has 0 radical (unpaired) electrons. The van der Waals surface area contributed by atoms with Crippen LogP contribution in [0.25, 0.3) is 5.57 Å². The molecule has 4 nitrogen and oxygen atoms in total.